The minimum absolute atomic E-state index is 0.0381. The van der Waals surface area contributed by atoms with Crippen LogP contribution in [0.1, 0.15) is 22.3 Å². The van der Waals surface area contributed by atoms with Crippen LogP contribution in [0.4, 0.5) is 5.69 Å². The number of nitrogens with one attached hydrogen (secondary N) is 1. The predicted molar refractivity (Wildman–Crippen MR) is 129 cm³/mol. The average molecular weight is 470 g/mol. The van der Waals surface area contributed by atoms with Crippen molar-refractivity contribution in [2.24, 2.45) is 5.10 Å². The molecule has 0 aliphatic heterocycles. The molecule has 0 bridgehead atoms. The number of hydrogen-bond acceptors (Lipinski definition) is 4. The minimum atomic E-state index is -4.02. The van der Waals surface area contributed by atoms with E-state index >= 15 is 0 Å². The Balaban J connectivity index is 1.87. The Bertz CT molecular complexity index is 1260. The summed E-state index contributed by atoms with van der Waals surface area (Å²) in [7, 11) is -4.02. The highest BCUT2D eigenvalue weighted by Crippen LogP contribution is 2.26. The van der Waals surface area contributed by atoms with E-state index in [4.69, 9.17) is 11.6 Å². The summed E-state index contributed by atoms with van der Waals surface area (Å²) in [5.41, 5.74) is 6.62. The molecule has 8 heteroatoms. The van der Waals surface area contributed by atoms with Crippen LogP contribution in [0.15, 0.2) is 76.7 Å². The minimum Gasteiger partial charge on any atom is -0.271 e. The quantitative estimate of drug-likeness (QED) is 0.405. The van der Waals surface area contributed by atoms with Gasteiger partial charge in [0.1, 0.15) is 6.54 Å². The molecule has 1 N–H and O–H groups in total. The summed E-state index contributed by atoms with van der Waals surface area (Å²) in [5, 5.41) is 4.39. The first kappa shape index (κ1) is 23.5. The number of sulfonamides is 1. The maximum absolute atomic E-state index is 13.4. The van der Waals surface area contributed by atoms with Crippen LogP contribution < -0.4 is 9.73 Å². The molecule has 0 aliphatic rings. The number of carbonyl (C=O) groups excluding carboxylic acids is 1. The molecular weight excluding hydrogens is 446 g/mol. The maximum Gasteiger partial charge on any atom is 0.264 e. The second-order valence-corrected chi connectivity index (χ2v) is 9.74. The van der Waals surface area contributed by atoms with Crippen molar-refractivity contribution >= 4 is 39.4 Å². The van der Waals surface area contributed by atoms with Crippen molar-refractivity contribution in [2.75, 3.05) is 10.8 Å². The standard InChI is InChI=1S/C24H24ClN3O3S/c1-17-5-4-6-20(13-17)15-26-27-24(29)16-28(22-10-7-18(2)19(3)14-22)32(30,31)23-11-8-21(25)9-12-23/h4-15H,16H2,1-3H3,(H,27,29)/b26-15-. The van der Waals surface area contributed by atoms with Gasteiger partial charge in [-0.15, -0.1) is 0 Å². The molecule has 0 unspecified atom stereocenters. The summed E-state index contributed by atoms with van der Waals surface area (Å²) < 4.78 is 27.8. The Morgan fingerprint density at radius 2 is 1.72 bits per heavy atom. The van der Waals surface area contributed by atoms with Crippen LogP contribution in [0.25, 0.3) is 0 Å². The number of anilines is 1. The van der Waals surface area contributed by atoms with Crippen molar-refractivity contribution in [3.63, 3.8) is 0 Å². The van der Waals surface area contributed by atoms with Gasteiger partial charge in [0.25, 0.3) is 15.9 Å². The predicted octanol–water partition coefficient (Wildman–Crippen LogP) is 4.61. The van der Waals surface area contributed by atoms with Crippen molar-refractivity contribution < 1.29 is 13.2 Å². The van der Waals surface area contributed by atoms with Gasteiger partial charge in [-0.1, -0.05) is 47.5 Å². The van der Waals surface area contributed by atoms with Gasteiger partial charge in [-0.05, 0) is 73.9 Å². The first-order valence-corrected chi connectivity index (χ1v) is 11.7. The zero-order valence-corrected chi connectivity index (χ0v) is 19.6. The van der Waals surface area contributed by atoms with Crippen LogP contribution in [0, 0.1) is 20.8 Å². The fraction of sp³-hybridized carbons (Fsp3) is 0.167. The van der Waals surface area contributed by atoms with E-state index in [0.29, 0.717) is 10.7 Å². The van der Waals surface area contributed by atoms with Gasteiger partial charge >= 0.3 is 0 Å². The number of benzene rings is 3. The zero-order chi connectivity index (χ0) is 23.3. The Labute approximate surface area is 193 Å². The first-order chi connectivity index (χ1) is 15.2. The maximum atomic E-state index is 13.4. The molecule has 3 rings (SSSR count). The number of nitrogens with zero attached hydrogens (tertiary/aromatic N) is 2. The summed E-state index contributed by atoms with van der Waals surface area (Å²) in [6, 6.07) is 18.7. The SMILES string of the molecule is Cc1cccc(/C=N\NC(=O)CN(c2ccc(C)c(C)c2)S(=O)(=O)c2ccc(Cl)cc2)c1. The highest BCUT2D eigenvalue weighted by molar-refractivity contribution is 7.92. The number of aryl methyl sites for hydroxylation is 3. The molecule has 6 nitrogen and oxygen atoms in total. The third-order valence-corrected chi connectivity index (χ3v) is 6.95. The van der Waals surface area contributed by atoms with Crippen LogP contribution in [0.5, 0.6) is 0 Å². The van der Waals surface area contributed by atoms with Crippen molar-refractivity contribution in [3.05, 3.63) is 94.0 Å². The van der Waals surface area contributed by atoms with Crippen molar-refractivity contribution in [1.82, 2.24) is 5.43 Å². The van der Waals surface area contributed by atoms with E-state index in [1.807, 2.05) is 51.1 Å². The fourth-order valence-corrected chi connectivity index (χ4v) is 4.56. The van der Waals surface area contributed by atoms with Crippen LogP contribution >= 0.6 is 11.6 Å². The second-order valence-electron chi connectivity index (χ2n) is 7.44. The van der Waals surface area contributed by atoms with Gasteiger partial charge in [-0.2, -0.15) is 5.10 Å². The van der Waals surface area contributed by atoms with Crippen molar-refractivity contribution in [2.45, 2.75) is 25.7 Å². The fourth-order valence-electron chi connectivity index (χ4n) is 3.02. The molecule has 0 radical (unpaired) electrons. The molecule has 0 saturated heterocycles. The number of hydrogen-bond donors (Lipinski definition) is 1. The first-order valence-electron chi connectivity index (χ1n) is 9.91. The lowest BCUT2D eigenvalue weighted by Gasteiger charge is -2.24. The van der Waals surface area contributed by atoms with E-state index < -0.39 is 22.5 Å². The molecule has 3 aromatic rings. The Morgan fingerprint density at radius 1 is 1.00 bits per heavy atom. The number of hydrazone groups is 1. The van der Waals surface area contributed by atoms with Gasteiger partial charge in [0.15, 0.2) is 0 Å². The van der Waals surface area contributed by atoms with Gasteiger partial charge in [0, 0.05) is 5.02 Å². The smallest absolute Gasteiger partial charge is 0.264 e. The lowest BCUT2D eigenvalue weighted by Crippen LogP contribution is -2.39. The van der Waals surface area contributed by atoms with Gasteiger partial charge < -0.3 is 0 Å². The van der Waals surface area contributed by atoms with Gasteiger partial charge in [0.05, 0.1) is 16.8 Å². The van der Waals surface area contributed by atoms with Gasteiger partial charge in [-0.3, -0.25) is 9.10 Å². The van der Waals surface area contributed by atoms with E-state index in [0.717, 1.165) is 26.6 Å². The summed E-state index contributed by atoms with van der Waals surface area (Å²) in [6.45, 7) is 5.35. The Morgan fingerprint density at radius 3 is 2.38 bits per heavy atom. The molecule has 0 heterocycles. The van der Waals surface area contributed by atoms with E-state index in [-0.39, 0.29) is 4.90 Å². The highest BCUT2D eigenvalue weighted by atomic mass is 35.5. The molecule has 166 valence electrons. The largest absolute Gasteiger partial charge is 0.271 e. The molecule has 1 amide bonds. The zero-order valence-electron chi connectivity index (χ0n) is 18.0. The monoisotopic (exact) mass is 469 g/mol. The normalized spacial score (nSPS) is 11.5. The third-order valence-electron chi connectivity index (χ3n) is 4.91. The molecule has 0 fully saturated rings. The molecule has 0 aromatic heterocycles. The number of carbonyl (C=O) groups is 1. The molecule has 32 heavy (non-hydrogen) atoms. The Kier molecular flexibility index (Phi) is 7.33. The van der Waals surface area contributed by atoms with Crippen LogP contribution in [-0.2, 0) is 14.8 Å². The molecule has 0 spiro atoms. The second kappa shape index (κ2) is 9.97. The van der Waals surface area contributed by atoms with E-state index in [2.05, 4.69) is 10.5 Å². The van der Waals surface area contributed by atoms with Crippen LogP contribution in [0.2, 0.25) is 5.02 Å². The van der Waals surface area contributed by atoms with E-state index in [9.17, 15) is 13.2 Å². The molecule has 0 atom stereocenters. The topological polar surface area (TPSA) is 78.8 Å². The van der Waals surface area contributed by atoms with E-state index in [1.54, 1.807) is 12.1 Å². The summed E-state index contributed by atoms with van der Waals surface area (Å²) in [4.78, 5) is 12.7. The Hall–Kier alpha value is -3.16. The van der Waals surface area contributed by atoms with Crippen LogP contribution in [-0.4, -0.2) is 27.1 Å². The lowest BCUT2D eigenvalue weighted by molar-refractivity contribution is -0.119. The molecule has 0 saturated carbocycles. The molecular formula is C24H24ClN3O3S. The molecule has 0 aliphatic carbocycles. The number of amides is 1. The third kappa shape index (κ3) is 5.75. The summed E-state index contributed by atoms with van der Waals surface area (Å²) in [6.07, 6.45) is 1.51. The number of rotatable bonds is 7. The average Bonchev–Trinajstić information content (AvgIpc) is 2.74. The van der Waals surface area contributed by atoms with E-state index in [1.165, 1.54) is 30.5 Å². The highest BCUT2D eigenvalue weighted by Gasteiger charge is 2.27. The molecule has 3 aromatic carbocycles. The van der Waals surface area contributed by atoms with Crippen LogP contribution in [0.3, 0.4) is 0 Å². The number of halogens is 1. The summed E-state index contributed by atoms with van der Waals surface area (Å²) >= 11 is 5.91. The van der Waals surface area contributed by atoms with Gasteiger partial charge in [0.2, 0.25) is 0 Å². The summed E-state index contributed by atoms with van der Waals surface area (Å²) in [5.74, 6) is -0.565. The lowest BCUT2D eigenvalue weighted by atomic mass is 10.1. The van der Waals surface area contributed by atoms with Gasteiger partial charge in [-0.25, -0.2) is 13.8 Å². The van der Waals surface area contributed by atoms with Crippen molar-refractivity contribution in [1.29, 1.82) is 0 Å². The van der Waals surface area contributed by atoms with Crippen molar-refractivity contribution in [3.8, 4) is 0 Å².